The molecule has 7 aliphatic heterocycles. The molecule has 0 aliphatic carbocycles. The van der Waals surface area contributed by atoms with Crippen molar-refractivity contribution in [3.05, 3.63) is 124 Å². The van der Waals surface area contributed by atoms with Gasteiger partial charge in [0, 0.05) is 161 Å². The summed E-state index contributed by atoms with van der Waals surface area (Å²) in [6.45, 7) is 54.5. The molecule has 0 radical (unpaired) electrons. The third-order valence-electron chi connectivity index (χ3n) is 14.6. The Labute approximate surface area is 521 Å². The first-order valence-electron chi connectivity index (χ1n) is 32.7. The molecule has 17 nitrogen and oxygen atoms in total. The van der Waals surface area contributed by atoms with E-state index in [0.717, 1.165) is 44.7 Å². The average Bonchev–Trinajstić information content (AvgIpc) is 4.40. The maximum atomic E-state index is 4.09. The smallest absolute Gasteiger partial charge is 0.119 e. The summed E-state index contributed by atoms with van der Waals surface area (Å²) >= 11 is 0. The number of aliphatic imine (C=N–C) groups is 1. The monoisotopic (exact) mass is 1180 g/mol. The molecule has 17 heteroatoms. The molecule has 10 heterocycles. The van der Waals surface area contributed by atoms with Crippen molar-refractivity contribution in [2.75, 3.05) is 58.9 Å². The summed E-state index contributed by atoms with van der Waals surface area (Å²) in [5.74, 6) is 0. The van der Waals surface area contributed by atoms with E-state index in [1.165, 1.54) is 77.7 Å². The quantitative estimate of drug-likeness (QED) is 0.200. The van der Waals surface area contributed by atoms with Gasteiger partial charge in [-0.25, -0.2) is 4.98 Å². The fourth-order valence-electron chi connectivity index (χ4n) is 8.70. The summed E-state index contributed by atoms with van der Waals surface area (Å²) in [5, 5.41) is 17.5. The molecule has 2 N–H and O–H groups in total. The summed E-state index contributed by atoms with van der Waals surface area (Å²) in [6, 6.07) is 8.08. The molecule has 0 amide bonds. The van der Waals surface area contributed by atoms with Gasteiger partial charge >= 0.3 is 0 Å². The van der Waals surface area contributed by atoms with Crippen molar-refractivity contribution >= 4 is 6.34 Å². The summed E-state index contributed by atoms with van der Waals surface area (Å²) < 4.78 is 5.92. The van der Waals surface area contributed by atoms with Gasteiger partial charge in [-0.1, -0.05) is 24.6 Å². The van der Waals surface area contributed by atoms with E-state index in [-0.39, 0.29) is 0 Å². The van der Waals surface area contributed by atoms with E-state index < -0.39 is 0 Å². The minimum Gasteiger partial charge on any atom is -0.388 e. The molecule has 7 aliphatic rings. The van der Waals surface area contributed by atoms with Crippen LogP contribution in [0.2, 0.25) is 0 Å². The fourth-order valence-corrected chi connectivity index (χ4v) is 8.70. The minimum atomic E-state index is 0.477. The number of allylic oxidation sites excluding steroid dienone is 3. The Kier molecular flexibility index (Phi) is 43.0. The second-order valence-electron chi connectivity index (χ2n) is 24.9. The Morgan fingerprint density at radius 2 is 0.929 bits per heavy atom. The van der Waals surface area contributed by atoms with Crippen molar-refractivity contribution < 1.29 is 0 Å². The topological polar surface area (TPSA) is 125 Å². The van der Waals surface area contributed by atoms with Crippen LogP contribution in [0.5, 0.6) is 0 Å². The Balaban J connectivity index is 0.000000472. The summed E-state index contributed by atoms with van der Waals surface area (Å²) in [7, 11) is 0. The first-order valence-corrected chi connectivity index (χ1v) is 32.7. The van der Waals surface area contributed by atoms with Crippen molar-refractivity contribution in [2.24, 2.45) is 4.99 Å². The molecular formula is C68H127N17. The maximum Gasteiger partial charge on any atom is 0.119 e. The van der Waals surface area contributed by atoms with Gasteiger partial charge in [0.15, 0.2) is 0 Å². The van der Waals surface area contributed by atoms with Gasteiger partial charge < -0.3 is 54.1 Å². The molecule has 3 aromatic heterocycles. The number of hydrogen-bond acceptors (Lipinski definition) is 14. The second kappa shape index (κ2) is 47.4. The number of piperidine rings is 1. The zero-order valence-electron chi connectivity index (χ0n) is 57.6. The van der Waals surface area contributed by atoms with Gasteiger partial charge in [0.05, 0.1) is 19.2 Å². The lowest BCUT2D eigenvalue weighted by Crippen LogP contribution is -2.35. The lowest BCUT2D eigenvalue weighted by Gasteiger charge is -2.29. The normalized spacial score (nSPS) is 16.8. The molecule has 10 rings (SSSR count). The Morgan fingerprint density at radius 3 is 1.21 bits per heavy atom. The van der Waals surface area contributed by atoms with Crippen LogP contribution < -0.4 is 10.6 Å². The van der Waals surface area contributed by atoms with Gasteiger partial charge in [0.1, 0.15) is 12.7 Å². The largest absolute Gasteiger partial charge is 0.388 e. The van der Waals surface area contributed by atoms with E-state index in [1.807, 2.05) is 71.4 Å². The highest BCUT2D eigenvalue weighted by atomic mass is 15.3. The van der Waals surface area contributed by atoms with Crippen LogP contribution in [0.25, 0.3) is 0 Å². The molecule has 0 bridgehead atoms. The van der Waals surface area contributed by atoms with Gasteiger partial charge in [0.25, 0.3) is 0 Å². The summed E-state index contributed by atoms with van der Waals surface area (Å²) in [4.78, 5) is 24.3. The SMILES string of the molecule is CC(C)N1C=CCC=C1.CC(C)N1C=CCCC1.CC(C)N1C=CNC=C1.CC(C)N1C=CNCC1.CC(C)N1C=NCC1.CC(C)N1CCCC1.CC(C)N1CCCCC1.CC(C)n1cccn1.CC(C)n1ccnc1.CC(C)n1cnnc1. The third-order valence-corrected chi connectivity index (χ3v) is 14.6. The van der Waals surface area contributed by atoms with Gasteiger partial charge in [-0.05, 0) is 222 Å². The van der Waals surface area contributed by atoms with Crippen LogP contribution in [-0.4, -0.2) is 176 Å². The van der Waals surface area contributed by atoms with Crippen LogP contribution in [0.1, 0.15) is 208 Å². The zero-order chi connectivity index (χ0) is 63.4. The predicted molar refractivity (Wildman–Crippen MR) is 365 cm³/mol. The summed E-state index contributed by atoms with van der Waals surface area (Å²) in [6.07, 6.45) is 50.5. The molecule has 0 atom stereocenters. The highest BCUT2D eigenvalue weighted by molar-refractivity contribution is 5.57. The lowest BCUT2D eigenvalue weighted by atomic mass is 10.1. The Morgan fingerprint density at radius 1 is 0.400 bits per heavy atom. The molecular weight excluding hydrogens is 1050 g/mol. The number of likely N-dealkylation sites (tertiary alicyclic amines) is 2. The van der Waals surface area contributed by atoms with E-state index in [0.29, 0.717) is 48.3 Å². The van der Waals surface area contributed by atoms with Crippen LogP contribution in [0, 0.1) is 0 Å². The minimum absolute atomic E-state index is 0.477. The van der Waals surface area contributed by atoms with Crippen LogP contribution in [0.15, 0.2) is 129 Å². The van der Waals surface area contributed by atoms with Gasteiger partial charge in [-0.2, -0.15) is 5.10 Å². The van der Waals surface area contributed by atoms with E-state index in [9.17, 15) is 0 Å². The molecule has 0 spiro atoms. The van der Waals surface area contributed by atoms with Crippen molar-refractivity contribution in [3.63, 3.8) is 0 Å². The van der Waals surface area contributed by atoms with Gasteiger partial charge in [0.2, 0.25) is 0 Å². The number of imidazole rings is 1. The molecule has 2 fully saturated rings. The number of nitrogens with one attached hydrogen (secondary N) is 2. The van der Waals surface area contributed by atoms with Crippen LogP contribution in [0.4, 0.5) is 0 Å². The molecule has 0 aromatic carbocycles. The van der Waals surface area contributed by atoms with Crippen LogP contribution in [0.3, 0.4) is 0 Å². The van der Waals surface area contributed by atoms with E-state index in [1.54, 1.807) is 25.0 Å². The Hall–Kier alpha value is -5.81. The Bertz CT molecular complexity index is 1970. The highest BCUT2D eigenvalue weighted by Crippen LogP contribution is 2.13. The highest BCUT2D eigenvalue weighted by Gasteiger charge is 2.14. The van der Waals surface area contributed by atoms with Gasteiger partial charge in [-0.15, -0.1) is 10.2 Å². The summed E-state index contributed by atoms with van der Waals surface area (Å²) in [5.41, 5.74) is 0. The number of nitrogens with zero attached hydrogens (tertiary/aromatic N) is 15. The first-order chi connectivity index (χ1) is 40.5. The lowest BCUT2D eigenvalue weighted by molar-refractivity contribution is 0.185. The molecule has 0 saturated carbocycles. The molecule has 0 unspecified atom stereocenters. The van der Waals surface area contributed by atoms with E-state index in [4.69, 9.17) is 0 Å². The second-order valence-corrected chi connectivity index (χ2v) is 24.9. The van der Waals surface area contributed by atoms with Crippen molar-refractivity contribution in [2.45, 2.75) is 250 Å². The number of rotatable bonds is 10. The molecule has 85 heavy (non-hydrogen) atoms. The number of aromatic nitrogens is 7. The van der Waals surface area contributed by atoms with Crippen molar-refractivity contribution in [1.29, 1.82) is 0 Å². The maximum absolute atomic E-state index is 4.09. The van der Waals surface area contributed by atoms with Crippen LogP contribution >= 0.6 is 0 Å². The number of hydrogen-bond donors (Lipinski definition) is 2. The van der Waals surface area contributed by atoms with E-state index in [2.05, 4.69) is 256 Å². The average molecular weight is 1180 g/mol. The standard InChI is InChI=1S/C8H17N.C8H15N.C8H13N.C7H14N2.C7H12N2.C7H15N.C6H12N2.2C6H10N2.C5H9N3/c3*1-8(2)9-6-4-3-5-7-9;2*1-7(2)9-5-3-8-4-6-9;1-7(2)8-5-3-4-6-8;2*1-6(2)8-4-3-7-5-8;1-6(2)8-5-3-4-7-8;1-5(2)8-3-6-7-4-8/h8H,3-7H2,1-2H3;4,6,8H,3,5,7H2,1-2H3;4-8H,3H2,1-2H3;3,5,7-8H,4,6H2,1-2H3;3-8H,1-2H3;7H,3-6H2,1-2H3;5-6H,3-4H2,1-2H3;2*3-6H,1-2H3;3-5H,1-2H3. The van der Waals surface area contributed by atoms with Gasteiger partial charge in [-0.3, -0.25) is 9.67 Å². The molecule has 3 aromatic rings. The fraction of sp³-hybridized carbons (Fsp3) is 0.691. The molecule has 484 valence electrons. The molecule has 2 saturated heterocycles. The zero-order valence-corrected chi connectivity index (χ0v) is 57.6. The van der Waals surface area contributed by atoms with Crippen molar-refractivity contribution in [3.8, 4) is 0 Å². The first kappa shape index (κ1) is 77.2. The third kappa shape index (κ3) is 38.1. The van der Waals surface area contributed by atoms with E-state index >= 15 is 0 Å². The van der Waals surface area contributed by atoms with Crippen molar-refractivity contribution in [1.82, 2.24) is 79.0 Å². The predicted octanol–water partition coefficient (Wildman–Crippen LogP) is 14.0. The van der Waals surface area contributed by atoms with Crippen LogP contribution in [-0.2, 0) is 0 Å².